The molecule has 98 valence electrons. The Labute approximate surface area is 105 Å². The van der Waals surface area contributed by atoms with E-state index in [4.69, 9.17) is 9.47 Å². The van der Waals surface area contributed by atoms with Crippen LogP contribution >= 0.6 is 0 Å². The van der Waals surface area contributed by atoms with Gasteiger partial charge >= 0.3 is 12.1 Å². The number of allylic oxidation sites excluding steroid dienone is 1. The van der Waals surface area contributed by atoms with Crippen LogP contribution in [0.4, 0.5) is 4.79 Å². The molecule has 0 aromatic carbocycles. The predicted octanol–water partition coefficient (Wildman–Crippen LogP) is 1.03. The zero-order valence-electron chi connectivity index (χ0n) is 10.3. The first-order valence-electron chi connectivity index (χ1n) is 5.63. The van der Waals surface area contributed by atoms with Gasteiger partial charge in [0.25, 0.3) is 0 Å². The Kier molecular flexibility index (Phi) is 5.10. The summed E-state index contributed by atoms with van der Waals surface area (Å²) >= 11 is 0. The summed E-state index contributed by atoms with van der Waals surface area (Å²) in [7, 11) is 0. The number of carbonyl (C=O) groups excluding carboxylic acids is 3. The van der Waals surface area contributed by atoms with E-state index in [1.165, 1.54) is 17.2 Å². The van der Waals surface area contributed by atoms with Crippen molar-refractivity contribution in [2.45, 2.75) is 13.8 Å². The summed E-state index contributed by atoms with van der Waals surface area (Å²) < 4.78 is 9.55. The van der Waals surface area contributed by atoms with Crippen LogP contribution in [0, 0.1) is 0 Å². The molecule has 0 aromatic heterocycles. The van der Waals surface area contributed by atoms with Crippen molar-refractivity contribution in [3.05, 3.63) is 23.9 Å². The first-order chi connectivity index (χ1) is 8.60. The SMILES string of the molecule is CCOC(=O)C1=CCN(C(=O)OCC)C=CC1=O. The topological polar surface area (TPSA) is 72.9 Å². The number of nitrogens with zero attached hydrogens (tertiary/aromatic N) is 1. The monoisotopic (exact) mass is 253 g/mol. The Morgan fingerprint density at radius 3 is 2.56 bits per heavy atom. The molecule has 1 aliphatic heterocycles. The van der Waals surface area contributed by atoms with Gasteiger partial charge in [-0.05, 0) is 19.9 Å². The lowest BCUT2D eigenvalue weighted by Gasteiger charge is -2.14. The summed E-state index contributed by atoms with van der Waals surface area (Å²) in [6.07, 6.45) is 3.23. The number of esters is 1. The molecule has 1 amide bonds. The molecule has 0 N–H and O–H groups in total. The van der Waals surface area contributed by atoms with Gasteiger partial charge in [-0.15, -0.1) is 0 Å². The van der Waals surface area contributed by atoms with E-state index in [-0.39, 0.29) is 25.3 Å². The van der Waals surface area contributed by atoms with E-state index in [1.54, 1.807) is 13.8 Å². The lowest BCUT2D eigenvalue weighted by Crippen LogP contribution is -2.26. The third-order valence-corrected chi connectivity index (χ3v) is 2.16. The van der Waals surface area contributed by atoms with Crippen LogP contribution in [0.2, 0.25) is 0 Å². The van der Waals surface area contributed by atoms with Gasteiger partial charge in [0.05, 0.1) is 13.2 Å². The number of amides is 1. The number of ketones is 1. The first-order valence-corrected chi connectivity index (χ1v) is 5.63. The van der Waals surface area contributed by atoms with Crippen LogP contribution < -0.4 is 0 Å². The molecular formula is C12H15NO5. The van der Waals surface area contributed by atoms with Crippen molar-refractivity contribution in [2.24, 2.45) is 0 Å². The zero-order valence-corrected chi connectivity index (χ0v) is 10.3. The second kappa shape index (κ2) is 6.58. The highest BCUT2D eigenvalue weighted by atomic mass is 16.6. The van der Waals surface area contributed by atoms with Crippen molar-refractivity contribution in [1.82, 2.24) is 4.90 Å². The van der Waals surface area contributed by atoms with Crippen molar-refractivity contribution in [2.75, 3.05) is 19.8 Å². The molecule has 0 saturated carbocycles. The minimum atomic E-state index is -0.683. The Morgan fingerprint density at radius 1 is 1.28 bits per heavy atom. The Balaban J connectivity index is 2.81. The van der Waals surface area contributed by atoms with Crippen LogP contribution in [0.25, 0.3) is 0 Å². The average molecular weight is 253 g/mol. The number of rotatable bonds is 3. The summed E-state index contributed by atoms with van der Waals surface area (Å²) in [4.78, 5) is 35.8. The minimum Gasteiger partial charge on any atom is -0.462 e. The third kappa shape index (κ3) is 3.44. The second-order valence-corrected chi connectivity index (χ2v) is 3.37. The van der Waals surface area contributed by atoms with Crippen molar-refractivity contribution >= 4 is 17.8 Å². The fraction of sp³-hybridized carbons (Fsp3) is 0.417. The highest BCUT2D eigenvalue weighted by Gasteiger charge is 2.22. The normalized spacial score (nSPS) is 14.9. The number of hydrogen-bond acceptors (Lipinski definition) is 5. The van der Waals surface area contributed by atoms with Gasteiger partial charge in [-0.1, -0.05) is 0 Å². The Morgan fingerprint density at radius 2 is 1.94 bits per heavy atom. The molecule has 0 atom stereocenters. The van der Waals surface area contributed by atoms with Gasteiger partial charge in [-0.3, -0.25) is 9.69 Å². The molecule has 18 heavy (non-hydrogen) atoms. The number of hydrogen-bond donors (Lipinski definition) is 0. The van der Waals surface area contributed by atoms with E-state index in [0.717, 1.165) is 6.08 Å². The summed E-state index contributed by atoms with van der Waals surface area (Å²) in [5.74, 6) is -1.17. The van der Waals surface area contributed by atoms with Crippen LogP contribution in [-0.2, 0) is 19.1 Å². The molecule has 0 saturated heterocycles. The summed E-state index contributed by atoms with van der Waals surface area (Å²) in [6, 6.07) is 0. The van der Waals surface area contributed by atoms with E-state index in [2.05, 4.69) is 0 Å². The molecule has 0 radical (unpaired) electrons. The van der Waals surface area contributed by atoms with Crippen LogP contribution in [-0.4, -0.2) is 42.5 Å². The van der Waals surface area contributed by atoms with Gasteiger partial charge in [0.1, 0.15) is 5.57 Å². The van der Waals surface area contributed by atoms with Crippen molar-refractivity contribution < 1.29 is 23.9 Å². The molecule has 1 aliphatic rings. The second-order valence-electron chi connectivity index (χ2n) is 3.37. The fourth-order valence-electron chi connectivity index (χ4n) is 1.33. The van der Waals surface area contributed by atoms with Gasteiger partial charge in [-0.2, -0.15) is 0 Å². The van der Waals surface area contributed by atoms with Gasteiger partial charge in [0.2, 0.25) is 0 Å². The largest absolute Gasteiger partial charge is 0.462 e. The Hall–Kier alpha value is -2.11. The molecule has 0 fully saturated rings. The zero-order chi connectivity index (χ0) is 13.5. The summed E-state index contributed by atoms with van der Waals surface area (Å²) in [6.45, 7) is 3.86. The molecule has 1 heterocycles. The summed E-state index contributed by atoms with van der Waals surface area (Å²) in [5.41, 5.74) is -0.0695. The molecule has 0 spiro atoms. The van der Waals surface area contributed by atoms with Crippen molar-refractivity contribution in [1.29, 1.82) is 0 Å². The third-order valence-electron chi connectivity index (χ3n) is 2.16. The smallest absolute Gasteiger partial charge is 0.414 e. The fourth-order valence-corrected chi connectivity index (χ4v) is 1.33. The number of ether oxygens (including phenoxy) is 2. The van der Waals surface area contributed by atoms with Crippen LogP contribution in [0.1, 0.15) is 13.8 Å². The molecule has 0 unspecified atom stereocenters. The van der Waals surface area contributed by atoms with E-state index in [9.17, 15) is 14.4 Å². The average Bonchev–Trinajstić information content (AvgIpc) is 2.52. The maximum Gasteiger partial charge on any atom is 0.414 e. The molecule has 1 rings (SSSR count). The first kappa shape index (κ1) is 14.0. The molecule has 0 bridgehead atoms. The molecule has 6 nitrogen and oxygen atoms in total. The Bertz CT molecular complexity index is 411. The highest BCUT2D eigenvalue weighted by molar-refractivity contribution is 6.21. The van der Waals surface area contributed by atoms with E-state index in [1.807, 2.05) is 0 Å². The maximum atomic E-state index is 11.6. The predicted molar refractivity (Wildman–Crippen MR) is 62.6 cm³/mol. The van der Waals surface area contributed by atoms with Crippen LogP contribution in [0.15, 0.2) is 23.9 Å². The van der Waals surface area contributed by atoms with Gasteiger partial charge in [-0.25, -0.2) is 9.59 Å². The molecule has 6 heteroatoms. The summed E-state index contributed by atoms with van der Waals surface area (Å²) in [5, 5.41) is 0. The van der Waals surface area contributed by atoms with Gasteiger partial charge < -0.3 is 9.47 Å². The van der Waals surface area contributed by atoms with Crippen LogP contribution in [0.5, 0.6) is 0 Å². The molecule has 0 aromatic rings. The maximum absolute atomic E-state index is 11.6. The number of carbonyl (C=O) groups is 3. The molecule has 0 aliphatic carbocycles. The van der Waals surface area contributed by atoms with E-state index < -0.39 is 17.8 Å². The van der Waals surface area contributed by atoms with Crippen molar-refractivity contribution in [3.8, 4) is 0 Å². The van der Waals surface area contributed by atoms with E-state index in [0.29, 0.717) is 0 Å². The van der Waals surface area contributed by atoms with E-state index >= 15 is 0 Å². The van der Waals surface area contributed by atoms with Gasteiger partial charge in [0, 0.05) is 18.8 Å². The molecular weight excluding hydrogens is 238 g/mol. The standard InChI is InChI=1S/C12H15NO5/c1-3-17-11(15)9-5-7-13(8-6-10(9)14)12(16)18-4-2/h5-6,8H,3-4,7H2,1-2H3. The lowest BCUT2D eigenvalue weighted by atomic mass is 10.1. The van der Waals surface area contributed by atoms with Crippen LogP contribution in [0.3, 0.4) is 0 Å². The minimum absolute atomic E-state index is 0.0695. The lowest BCUT2D eigenvalue weighted by molar-refractivity contribution is -0.139. The quantitative estimate of drug-likeness (QED) is 0.555. The van der Waals surface area contributed by atoms with Crippen molar-refractivity contribution in [3.63, 3.8) is 0 Å². The van der Waals surface area contributed by atoms with Gasteiger partial charge in [0.15, 0.2) is 5.78 Å². The highest BCUT2D eigenvalue weighted by Crippen LogP contribution is 2.09.